The van der Waals surface area contributed by atoms with Gasteiger partial charge in [0.15, 0.2) is 0 Å². The fourth-order valence-electron chi connectivity index (χ4n) is 1.50. The van der Waals surface area contributed by atoms with Gasteiger partial charge in [0, 0.05) is 11.8 Å². The van der Waals surface area contributed by atoms with Gasteiger partial charge in [-0.25, -0.2) is 4.79 Å². The van der Waals surface area contributed by atoms with Crippen LogP contribution >= 0.6 is 11.3 Å². The first-order valence-corrected chi connectivity index (χ1v) is 5.98. The van der Waals surface area contributed by atoms with Crippen LogP contribution in [0.25, 0.3) is 0 Å². The molecular weight excluding hydrogens is 224 g/mol. The third kappa shape index (κ3) is 2.14. The van der Waals surface area contributed by atoms with E-state index in [9.17, 15) is 9.59 Å². The summed E-state index contributed by atoms with van der Waals surface area (Å²) in [6.45, 7) is 2.40. The topological polar surface area (TPSA) is 54.9 Å². The summed E-state index contributed by atoms with van der Waals surface area (Å²) in [7, 11) is 0. The summed E-state index contributed by atoms with van der Waals surface area (Å²) in [5.41, 5.74) is 1.07. The van der Waals surface area contributed by atoms with Crippen molar-refractivity contribution in [2.45, 2.75) is 19.9 Å². The highest BCUT2D eigenvalue weighted by Crippen LogP contribution is 2.06. The normalized spacial score (nSPS) is 10.6. The van der Waals surface area contributed by atoms with Crippen LogP contribution in [-0.4, -0.2) is 9.55 Å². The molecule has 0 aliphatic carbocycles. The molecule has 0 saturated carbocycles. The number of hydrogen-bond donors (Lipinski definition) is 1. The summed E-state index contributed by atoms with van der Waals surface area (Å²) < 4.78 is 1.53. The number of nitrogens with one attached hydrogen (secondary N) is 1. The maximum atomic E-state index is 11.5. The van der Waals surface area contributed by atoms with E-state index in [1.807, 2.05) is 23.8 Å². The number of aryl methyl sites for hydroxylation is 1. The fraction of sp³-hybridized carbons (Fsp3) is 0.273. The lowest BCUT2D eigenvalue weighted by molar-refractivity contribution is 0.709. The molecule has 2 aromatic heterocycles. The fourth-order valence-corrected chi connectivity index (χ4v) is 2.16. The first-order chi connectivity index (χ1) is 7.70. The Morgan fingerprint density at radius 1 is 1.44 bits per heavy atom. The number of nitrogens with zero attached hydrogens (tertiary/aromatic N) is 1. The van der Waals surface area contributed by atoms with Crippen LogP contribution in [0.1, 0.15) is 18.1 Å². The van der Waals surface area contributed by atoms with Crippen LogP contribution < -0.4 is 11.2 Å². The Kier molecular flexibility index (Phi) is 3.05. The summed E-state index contributed by atoms with van der Waals surface area (Å²) in [6, 6.07) is 1.97. The number of rotatable bonds is 3. The molecule has 2 aromatic rings. The molecule has 0 unspecified atom stereocenters. The Balaban J connectivity index is 2.41. The molecule has 4 nitrogen and oxygen atoms in total. The van der Waals surface area contributed by atoms with Crippen molar-refractivity contribution in [2.24, 2.45) is 0 Å². The first kappa shape index (κ1) is 10.9. The second-order valence-corrected chi connectivity index (χ2v) is 4.31. The Morgan fingerprint density at radius 3 is 2.88 bits per heavy atom. The van der Waals surface area contributed by atoms with E-state index in [-0.39, 0.29) is 11.2 Å². The third-order valence-corrected chi connectivity index (χ3v) is 3.13. The van der Waals surface area contributed by atoms with Gasteiger partial charge >= 0.3 is 5.69 Å². The molecule has 0 radical (unpaired) electrons. The van der Waals surface area contributed by atoms with Crippen LogP contribution in [0, 0.1) is 0 Å². The highest BCUT2D eigenvalue weighted by Gasteiger charge is 2.03. The summed E-state index contributed by atoms with van der Waals surface area (Å²) in [5.74, 6) is 0. The Bertz CT molecular complexity index is 581. The van der Waals surface area contributed by atoms with E-state index in [4.69, 9.17) is 0 Å². The predicted octanol–water partition coefficient (Wildman–Crippen LogP) is 1.21. The van der Waals surface area contributed by atoms with Gasteiger partial charge in [-0.2, -0.15) is 11.3 Å². The predicted molar refractivity (Wildman–Crippen MR) is 64.1 cm³/mol. The highest BCUT2D eigenvalue weighted by molar-refractivity contribution is 7.07. The van der Waals surface area contributed by atoms with Crippen molar-refractivity contribution in [1.29, 1.82) is 0 Å². The van der Waals surface area contributed by atoms with Gasteiger partial charge < -0.3 is 0 Å². The highest BCUT2D eigenvalue weighted by atomic mass is 32.1. The maximum Gasteiger partial charge on any atom is 0.328 e. The molecule has 0 aromatic carbocycles. The molecule has 2 rings (SSSR count). The molecule has 1 N–H and O–H groups in total. The molecule has 0 saturated heterocycles. The van der Waals surface area contributed by atoms with E-state index in [2.05, 4.69) is 4.98 Å². The van der Waals surface area contributed by atoms with Crippen molar-refractivity contribution in [3.8, 4) is 0 Å². The maximum absolute atomic E-state index is 11.5. The Hall–Kier alpha value is -1.62. The summed E-state index contributed by atoms with van der Waals surface area (Å²) in [6.07, 6.45) is 2.26. The van der Waals surface area contributed by atoms with Crippen LogP contribution in [0.4, 0.5) is 0 Å². The van der Waals surface area contributed by atoms with Gasteiger partial charge in [-0.05, 0) is 28.8 Å². The molecule has 0 fully saturated rings. The van der Waals surface area contributed by atoms with E-state index >= 15 is 0 Å². The van der Waals surface area contributed by atoms with Crippen molar-refractivity contribution < 1.29 is 0 Å². The van der Waals surface area contributed by atoms with Crippen molar-refractivity contribution in [3.05, 3.63) is 55.0 Å². The van der Waals surface area contributed by atoms with Crippen LogP contribution in [-0.2, 0) is 13.0 Å². The van der Waals surface area contributed by atoms with E-state index < -0.39 is 0 Å². The van der Waals surface area contributed by atoms with Gasteiger partial charge in [0.25, 0.3) is 5.56 Å². The Morgan fingerprint density at radius 2 is 2.25 bits per heavy atom. The van der Waals surface area contributed by atoms with Crippen LogP contribution in [0.15, 0.2) is 32.6 Å². The average Bonchev–Trinajstić information content (AvgIpc) is 2.75. The van der Waals surface area contributed by atoms with E-state index in [0.717, 1.165) is 5.56 Å². The molecule has 0 amide bonds. The quantitative estimate of drug-likeness (QED) is 0.870. The van der Waals surface area contributed by atoms with E-state index in [1.54, 1.807) is 17.5 Å². The number of aromatic nitrogens is 2. The van der Waals surface area contributed by atoms with Crippen molar-refractivity contribution >= 4 is 11.3 Å². The second kappa shape index (κ2) is 4.49. The minimum Gasteiger partial charge on any atom is -0.296 e. The lowest BCUT2D eigenvalue weighted by atomic mass is 10.2. The minimum atomic E-state index is -0.353. The van der Waals surface area contributed by atoms with Gasteiger partial charge in [0.2, 0.25) is 0 Å². The number of thiophene rings is 1. The number of aromatic amines is 1. The molecule has 84 valence electrons. The lowest BCUT2D eigenvalue weighted by Gasteiger charge is -2.04. The molecule has 0 spiro atoms. The van der Waals surface area contributed by atoms with Crippen LogP contribution in [0.2, 0.25) is 0 Å². The number of hydrogen-bond acceptors (Lipinski definition) is 3. The zero-order valence-corrected chi connectivity index (χ0v) is 9.71. The van der Waals surface area contributed by atoms with Gasteiger partial charge in [-0.1, -0.05) is 6.92 Å². The first-order valence-electron chi connectivity index (χ1n) is 5.04. The van der Waals surface area contributed by atoms with Gasteiger partial charge in [-0.15, -0.1) is 0 Å². The molecule has 0 aliphatic rings. The zero-order chi connectivity index (χ0) is 11.5. The SMILES string of the molecule is CCc1cn(Cc2ccsc2)c(=O)[nH]c1=O. The second-order valence-electron chi connectivity index (χ2n) is 3.53. The monoisotopic (exact) mass is 236 g/mol. The largest absolute Gasteiger partial charge is 0.328 e. The average molecular weight is 236 g/mol. The van der Waals surface area contributed by atoms with Crippen molar-refractivity contribution in [3.63, 3.8) is 0 Å². The molecule has 0 atom stereocenters. The summed E-state index contributed by atoms with van der Waals surface area (Å²) in [4.78, 5) is 25.2. The van der Waals surface area contributed by atoms with Crippen molar-refractivity contribution in [2.75, 3.05) is 0 Å². The van der Waals surface area contributed by atoms with Crippen molar-refractivity contribution in [1.82, 2.24) is 9.55 Å². The van der Waals surface area contributed by atoms with Crippen LogP contribution in [0.3, 0.4) is 0 Å². The standard InChI is InChI=1S/C11H12N2O2S/c1-2-9-6-13(11(15)12-10(9)14)5-8-3-4-16-7-8/h3-4,6-7H,2,5H2,1H3,(H,12,14,15). The molecule has 16 heavy (non-hydrogen) atoms. The zero-order valence-electron chi connectivity index (χ0n) is 8.90. The lowest BCUT2D eigenvalue weighted by Crippen LogP contribution is -2.31. The molecule has 0 bridgehead atoms. The molecule has 2 heterocycles. The third-order valence-electron chi connectivity index (χ3n) is 2.40. The van der Waals surface area contributed by atoms with E-state index in [0.29, 0.717) is 18.5 Å². The summed E-state index contributed by atoms with van der Waals surface area (Å²) in [5, 5.41) is 3.95. The smallest absolute Gasteiger partial charge is 0.296 e. The van der Waals surface area contributed by atoms with Gasteiger partial charge in [0.05, 0.1) is 6.54 Å². The van der Waals surface area contributed by atoms with Gasteiger partial charge in [0.1, 0.15) is 0 Å². The van der Waals surface area contributed by atoms with E-state index in [1.165, 1.54) is 4.57 Å². The molecule has 5 heteroatoms. The molecular formula is C11H12N2O2S. The minimum absolute atomic E-state index is 0.283. The van der Waals surface area contributed by atoms with Gasteiger partial charge in [-0.3, -0.25) is 14.3 Å². The Labute approximate surface area is 96.2 Å². The summed E-state index contributed by atoms with van der Waals surface area (Å²) >= 11 is 1.59. The molecule has 0 aliphatic heterocycles. The number of H-pyrrole nitrogens is 1. The van der Waals surface area contributed by atoms with Crippen LogP contribution in [0.5, 0.6) is 0 Å².